The van der Waals surface area contributed by atoms with Gasteiger partial charge in [-0.15, -0.1) is 11.6 Å². The minimum absolute atomic E-state index is 0.00685. The Hall–Kier alpha value is -0.310. The van der Waals surface area contributed by atoms with E-state index in [9.17, 15) is 18.0 Å². The van der Waals surface area contributed by atoms with Crippen molar-refractivity contribution < 1.29 is 18.0 Å². The second kappa shape index (κ2) is 5.15. The Morgan fingerprint density at radius 3 is 2.60 bits per heavy atom. The van der Waals surface area contributed by atoms with E-state index < -0.39 is 15.2 Å². The SMILES string of the molecule is O=C1CSC(=O)N1CCNS(=O)(=O)CCl. The second-order valence-electron chi connectivity index (χ2n) is 2.72. The maximum atomic E-state index is 11.1. The number of rotatable bonds is 5. The van der Waals surface area contributed by atoms with Crippen LogP contribution in [0, 0.1) is 0 Å². The van der Waals surface area contributed by atoms with Gasteiger partial charge < -0.3 is 0 Å². The van der Waals surface area contributed by atoms with Crippen LogP contribution in [0.3, 0.4) is 0 Å². The van der Waals surface area contributed by atoms with E-state index in [0.29, 0.717) is 0 Å². The van der Waals surface area contributed by atoms with Crippen LogP contribution in [0.4, 0.5) is 4.79 Å². The van der Waals surface area contributed by atoms with Gasteiger partial charge in [0.25, 0.3) is 5.24 Å². The van der Waals surface area contributed by atoms with Crippen molar-refractivity contribution >= 4 is 44.5 Å². The zero-order valence-corrected chi connectivity index (χ0v) is 9.99. The minimum Gasteiger partial charge on any atom is -0.273 e. The number of amides is 2. The molecule has 0 aromatic rings. The fourth-order valence-electron chi connectivity index (χ4n) is 0.949. The van der Waals surface area contributed by atoms with Crippen molar-refractivity contribution in [1.82, 2.24) is 9.62 Å². The van der Waals surface area contributed by atoms with Crippen molar-refractivity contribution in [2.24, 2.45) is 0 Å². The monoisotopic (exact) mass is 272 g/mol. The number of hydrogen-bond acceptors (Lipinski definition) is 5. The van der Waals surface area contributed by atoms with E-state index in [4.69, 9.17) is 11.6 Å². The van der Waals surface area contributed by atoms with Gasteiger partial charge in [0, 0.05) is 13.1 Å². The smallest absolute Gasteiger partial charge is 0.273 e. The topological polar surface area (TPSA) is 83.6 Å². The summed E-state index contributed by atoms with van der Waals surface area (Å²) >= 11 is 6.06. The maximum absolute atomic E-state index is 11.1. The van der Waals surface area contributed by atoms with E-state index >= 15 is 0 Å². The van der Waals surface area contributed by atoms with Gasteiger partial charge in [0.2, 0.25) is 15.9 Å². The number of thioether (sulfide) groups is 1. The van der Waals surface area contributed by atoms with Crippen LogP contribution in [-0.4, -0.2) is 48.5 Å². The van der Waals surface area contributed by atoms with Gasteiger partial charge in [-0.1, -0.05) is 11.8 Å². The van der Waals surface area contributed by atoms with Crippen molar-refractivity contribution in [3.8, 4) is 0 Å². The lowest BCUT2D eigenvalue weighted by Gasteiger charge is -2.12. The molecule has 2 amide bonds. The Bertz CT molecular complexity index is 353. The molecule has 0 aromatic carbocycles. The van der Waals surface area contributed by atoms with Crippen molar-refractivity contribution in [2.45, 2.75) is 0 Å². The summed E-state index contributed by atoms with van der Waals surface area (Å²) in [5.41, 5.74) is 0. The molecule has 1 aliphatic rings. The first kappa shape index (κ1) is 12.8. The van der Waals surface area contributed by atoms with E-state index in [2.05, 4.69) is 4.72 Å². The molecule has 1 aliphatic heterocycles. The number of carbonyl (C=O) groups is 2. The third-order valence-corrected chi connectivity index (χ3v) is 4.29. The Kier molecular flexibility index (Phi) is 4.38. The molecule has 1 heterocycles. The average Bonchev–Trinajstić information content (AvgIpc) is 2.49. The lowest BCUT2D eigenvalue weighted by Crippen LogP contribution is -2.37. The Labute approximate surface area is 96.4 Å². The number of halogens is 1. The lowest BCUT2D eigenvalue weighted by molar-refractivity contribution is -0.124. The molecule has 1 rings (SSSR count). The van der Waals surface area contributed by atoms with Crippen LogP contribution < -0.4 is 4.72 Å². The minimum atomic E-state index is -3.49. The number of imide groups is 1. The summed E-state index contributed by atoms with van der Waals surface area (Å²) in [6.45, 7) is 0.0356. The fraction of sp³-hybridized carbons (Fsp3) is 0.667. The Balaban J connectivity index is 2.38. The van der Waals surface area contributed by atoms with Gasteiger partial charge in [0.1, 0.15) is 5.21 Å². The molecule has 86 valence electrons. The molecule has 0 bridgehead atoms. The molecule has 0 spiro atoms. The van der Waals surface area contributed by atoms with Gasteiger partial charge in [0.05, 0.1) is 5.75 Å². The van der Waals surface area contributed by atoms with Crippen molar-refractivity contribution in [2.75, 3.05) is 24.1 Å². The molecule has 0 saturated carbocycles. The summed E-state index contributed by atoms with van der Waals surface area (Å²) in [6.07, 6.45) is 0. The summed E-state index contributed by atoms with van der Waals surface area (Å²) in [7, 11) is -3.49. The highest BCUT2D eigenvalue weighted by Crippen LogP contribution is 2.17. The number of carbonyl (C=O) groups excluding carboxylic acids is 2. The zero-order chi connectivity index (χ0) is 11.5. The van der Waals surface area contributed by atoms with Crippen LogP contribution in [0.15, 0.2) is 0 Å². The van der Waals surface area contributed by atoms with Crippen molar-refractivity contribution in [3.63, 3.8) is 0 Å². The number of nitrogens with one attached hydrogen (secondary N) is 1. The molecule has 0 atom stereocenters. The van der Waals surface area contributed by atoms with Crippen LogP contribution in [0.5, 0.6) is 0 Å². The third-order valence-electron chi connectivity index (χ3n) is 1.64. The molecule has 1 fully saturated rings. The molecule has 0 unspecified atom stereocenters. The largest absolute Gasteiger partial charge is 0.288 e. The Morgan fingerprint density at radius 2 is 2.13 bits per heavy atom. The number of hydrogen-bond donors (Lipinski definition) is 1. The van der Waals surface area contributed by atoms with Crippen molar-refractivity contribution in [1.29, 1.82) is 0 Å². The molecule has 1 saturated heterocycles. The van der Waals surface area contributed by atoms with Crippen LogP contribution in [-0.2, 0) is 14.8 Å². The molecular weight excluding hydrogens is 264 g/mol. The number of nitrogens with zero attached hydrogens (tertiary/aromatic N) is 1. The normalized spacial score (nSPS) is 17.5. The molecule has 15 heavy (non-hydrogen) atoms. The maximum Gasteiger partial charge on any atom is 0.288 e. The van der Waals surface area contributed by atoms with E-state index in [1.165, 1.54) is 0 Å². The first-order valence-corrected chi connectivity index (χ1v) is 7.14. The van der Waals surface area contributed by atoms with Crippen LogP contribution in [0.25, 0.3) is 0 Å². The third kappa shape index (κ3) is 3.63. The quantitative estimate of drug-likeness (QED) is 0.701. The van der Waals surface area contributed by atoms with Gasteiger partial charge in [-0.05, 0) is 0 Å². The second-order valence-corrected chi connectivity index (χ2v) is 6.04. The Morgan fingerprint density at radius 1 is 1.47 bits per heavy atom. The van der Waals surface area contributed by atoms with Crippen LogP contribution in [0.2, 0.25) is 0 Å². The first-order chi connectivity index (χ1) is 6.96. The molecule has 0 aliphatic carbocycles. The van der Waals surface area contributed by atoms with Gasteiger partial charge >= 0.3 is 0 Å². The highest BCUT2D eigenvalue weighted by Gasteiger charge is 2.29. The predicted octanol–water partition coefficient (Wildman–Crippen LogP) is -0.202. The molecule has 1 N–H and O–H groups in total. The van der Waals surface area contributed by atoms with Gasteiger partial charge in [-0.3, -0.25) is 14.5 Å². The molecule has 0 aromatic heterocycles. The lowest BCUT2D eigenvalue weighted by atomic mass is 10.5. The molecule has 0 radical (unpaired) electrons. The van der Waals surface area contributed by atoms with E-state index in [1.807, 2.05) is 0 Å². The fourth-order valence-corrected chi connectivity index (χ4v) is 2.41. The zero-order valence-electron chi connectivity index (χ0n) is 7.60. The molecule has 6 nitrogen and oxygen atoms in total. The van der Waals surface area contributed by atoms with E-state index in [-0.39, 0.29) is 30.0 Å². The molecular formula is C6H9ClN2O4S2. The standard InChI is InChI=1S/C6H9ClN2O4S2/c7-4-15(12,13)8-1-2-9-5(10)3-14-6(9)11/h8H,1-4H2. The molecule has 9 heteroatoms. The van der Waals surface area contributed by atoms with E-state index in [1.54, 1.807) is 0 Å². The summed E-state index contributed by atoms with van der Waals surface area (Å²) in [4.78, 5) is 23.2. The summed E-state index contributed by atoms with van der Waals surface area (Å²) in [6, 6.07) is 0. The van der Waals surface area contributed by atoms with Crippen LogP contribution in [0.1, 0.15) is 0 Å². The highest BCUT2D eigenvalue weighted by molar-refractivity contribution is 8.14. The summed E-state index contributed by atoms with van der Waals surface area (Å²) in [5.74, 6) is -0.170. The summed E-state index contributed by atoms with van der Waals surface area (Å²) in [5, 5.41) is -0.881. The number of sulfonamides is 1. The highest BCUT2D eigenvalue weighted by atomic mass is 35.5. The van der Waals surface area contributed by atoms with Crippen molar-refractivity contribution in [3.05, 3.63) is 0 Å². The average molecular weight is 273 g/mol. The van der Waals surface area contributed by atoms with Crippen LogP contribution >= 0.6 is 23.4 Å². The van der Waals surface area contributed by atoms with Gasteiger partial charge in [-0.25, -0.2) is 13.1 Å². The predicted molar refractivity (Wildman–Crippen MR) is 57.2 cm³/mol. The number of alkyl halides is 1. The van der Waals surface area contributed by atoms with Gasteiger partial charge in [0.15, 0.2) is 0 Å². The van der Waals surface area contributed by atoms with Gasteiger partial charge in [-0.2, -0.15) is 0 Å². The summed E-state index contributed by atoms with van der Waals surface area (Å²) < 4.78 is 24.0. The first-order valence-electron chi connectivity index (χ1n) is 3.96. The van der Waals surface area contributed by atoms with E-state index in [0.717, 1.165) is 16.7 Å².